The van der Waals surface area contributed by atoms with Crippen molar-refractivity contribution in [2.75, 3.05) is 12.4 Å². The van der Waals surface area contributed by atoms with Crippen molar-refractivity contribution in [2.45, 2.75) is 0 Å². The summed E-state index contributed by atoms with van der Waals surface area (Å²) in [5, 5.41) is 14.8. The number of anilines is 2. The number of rotatable bonds is 4. The summed E-state index contributed by atoms with van der Waals surface area (Å²) in [6, 6.07) is 8.73. The van der Waals surface area contributed by atoms with Crippen molar-refractivity contribution in [1.29, 1.82) is 0 Å². The summed E-state index contributed by atoms with van der Waals surface area (Å²) in [5.74, 6) is -0.399. The van der Waals surface area contributed by atoms with Crippen LogP contribution >= 0.6 is 11.6 Å². The zero-order valence-corrected chi connectivity index (χ0v) is 13.2. The van der Waals surface area contributed by atoms with Crippen molar-refractivity contribution in [3.8, 4) is 5.75 Å². The van der Waals surface area contributed by atoms with Gasteiger partial charge in [0, 0.05) is 35.1 Å². The number of hydrogen-bond acceptors (Lipinski definition) is 5. The molecular weight excluding hydrogens is 337 g/mol. The molecule has 1 aromatic heterocycles. The first-order valence-corrected chi connectivity index (χ1v) is 7.20. The largest absolute Gasteiger partial charge is 0.490 e. The highest BCUT2D eigenvalue weighted by atomic mass is 35.5. The van der Waals surface area contributed by atoms with Crippen molar-refractivity contribution in [1.82, 2.24) is 4.98 Å². The van der Waals surface area contributed by atoms with Gasteiger partial charge in [0.15, 0.2) is 5.75 Å². The van der Waals surface area contributed by atoms with Crippen LogP contribution in [0.3, 0.4) is 0 Å². The molecule has 3 rings (SSSR count). The molecule has 0 radical (unpaired) electrons. The first-order chi connectivity index (χ1) is 11.5. The van der Waals surface area contributed by atoms with Crippen LogP contribution in [0.15, 0.2) is 42.6 Å². The fraction of sp³-hybridized carbons (Fsp3) is 0.0625. The molecule has 24 heavy (non-hydrogen) atoms. The zero-order valence-electron chi connectivity index (χ0n) is 12.4. The Kier molecular flexibility index (Phi) is 4.18. The monoisotopic (exact) mass is 347 g/mol. The molecule has 1 N–H and O–H groups in total. The predicted octanol–water partition coefficient (Wildman–Crippen LogP) is 4.69. The number of fused-ring (bicyclic) bond motifs is 1. The van der Waals surface area contributed by atoms with Gasteiger partial charge in [0.2, 0.25) is 0 Å². The predicted molar refractivity (Wildman–Crippen MR) is 89.6 cm³/mol. The Morgan fingerprint density at radius 3 is 2.75 bits per heavy atom. The van der Waals surface area contributed by atoms with E-state index in [1.807, 2.05) is 0 Å². The molecule has 2 aromatic carbocycles. The van der Waals surface area contributed by atoms with E-state index < -0.39 is 10.7 Å². The van der Waals surface area contributed by atoms with Gasteiger partial charge in [-0.1, -0.05) is 11.6 Å². The average molecular weight is 348 g/mol. The highest BCUT2D eigenvalue weighted by Gasteiger charge is 2.18. The van der Waals surface area contributed by atoms with Gasteiger partial charge in [0.1, 0.15) is 5.82 Å². The number of halogens is 2. The van der Waals surface area contributed by atoms with Crippen LogP contribution in [0, 0.1) is 15.9 Å². The molecule has 0 spiro atoms. The molecule has 0 atom stereocenters. The van der Waals surface area contributed by atoms with Crippen molar-refractivity contribution in [3.05, 3.63) is 63.5 Å². The van der Waals surface area contributed by atoms with Gasteiger partial charge < -0.3 is 10.1 Å². The second-order valence-electron chi connectivity index (χ2n) is 4.91. The van der Waals surface area contributed by atoms with Crippen LogP contribution in [0.2, 0.25) is 5.02 Å². The Bertz CT molecular complexity index is 949. The maximum Gasteiger partial charge on any atom is 0.311 e. The number of nitro groups is 1. The fourth-order valence-corrected chi connectivity index (χ4v) is 2.49. The van der Waals surface area contributed by atoms with Gasteiger partial charge >= 0.3 is 5.69 Å². The lowest BCUT2D eigenvalue weighted by molar-refractivity contribution is -0.385. The molecule has 0 saturated carbocycles. The van der Waals surface area contributed by atoms with Gasteiger partial charge in [-0.2, -0.15) is 0 Å². The van der Waals surface area contributed by atoms with E-state index in [1.165, 1.54) is 37.4 Å². The SMILES string of the molecule is COc1cc2nccc(Nc3ccc(F)c(Cl)c3)c2cc1[N+](=O)[O-]. The maximum absolute atomic E-state index is 13.3. The number of aromatic nitrogens is 1. The Morgan fingerprint density at radius 2 is 2.08 bits per heavy atom. The van der Waals surface area contributed by atoms with Gasteiger partial charge in [-0.15, -0.1) is 0 Å². The van der Waals surface area contributed by atoms with E-state index in [0.717, 1.165) is 0 Å². The van der Waals surface area contributed by atoms with E-state index in [9.17, 15) is 14.5 Å². The number of ether oxygens (including phenoxy) is 1. The van der Waals surface area contributed by atoms with Crippen LogP contribution in [-0.2, 0) is 0 Å². The minimum absolute atomic E-state index is 0.0222. The third-order valence-corrected chi connectivity index (χ3v) is 3.73. The third-order valence-electron chi connectivity index (χ3n) is 3.44. The first-order valence-electron chi connectivity index (χ1n) is 6.83. The van der Waals surface area contributed by atoms with Gasteiger partial charge in [0.05, 0.1) is 22.6 Å². The smallest absolute Gasteiger partial charge is 0.311 e. The number of nitro benzene ring substituents is 1. The standard InChI is InChI=1S/C16H11ClFN3O3/c1-24-16-8-14-10(7-15(16)21(22)23)13(4-5-19-14)20-9-2-3-12(18)11(17)6-9/h2-8H,1H3,(H,19,20). The molecule has 1 heterocycles. The Labute approximate surface area is 141 Å². The number of benzene rings is 2. The molecule has 0 amide bonds. The average Bonchev–Trinajstić information content (AvgIpc) is 2.57. The quantitative estimate of drug-likeness (QED) is 0.547. The zero-order chi connectivity index (χ0) is 17.3. The summed E-state index contributed by atoms with van der Waals surface area (Å²) in [7, 11) is 1.36. The Hall–Kier alpha value is -2.93. The highest BCUT2D eigenvalue weighted by Crippen LogP contribution is 2.35. The highest BCUT2D eigenvalue weighted by molar-refractivity contribution is 6.31. The third kappa shape index (κ3) is 2.93. The summed E-state index contributed by atoms with van der Waals surface area (Å²) in [6.45, 7) is 0. The molecule has 0 aliphatic rings. The molecular formula is C16H11ClFN3O3. The van der Waals surface area contributed by atoms with Crippen molar-refractivity contribution >= 4 is 39.6 Å². The number of hydrogen-bond donors (Lipinski definition) is 1. The lowest BCUT2D eigenvalue weighted by Crippen LogP contribution is -1.97. The van der Waals surface area contributed by atoms with Crippen LogP contribution in [0.1, 0.15) is 0 Å². The van der Waals surface area contributed by atoms with Gasteiger partial charge in [-0.3, -0.25) is 15.1 Å². The normalized spacial score (nSPS) is 10.6. The lowest BCUT2D eigenvalue weighted by atomic mass is 10.1. The summed E-state index contributed by atoms with van der Waals surface area (Å²) in [6.07, 6.45) is 1.56. The minimum atomic E-state index is -0.526. The van der Waals surface area contributed by atoms with Gasteiger partial charge in [-0.25, -0.2) is 4.39 Å². The molecule has 6 nitrogen and oxygen atoms in total. The molecule has 3 aromatic rings. The maximum atomic E-state index is 13.3. The van der Waals surface area contributed by atoms with Crippen LogP contribution in [0.5, 0.6) is 5.75 Å². The molecule has 0 bridgehead atoms. The van der Waals surface area contributed by atoms with Crippen LogP contribution in [0.4, 0.5) is 21.5 Å². The van der Waals surface area contributed by atoms with Crippen molar-refractivity contribution in [2.24, 2.45) is 0 Å². The summed E-state index contributed by atoms with van der Waals surface area (Å²) in [4.78, 5) is 14.9. The molecule has 8 heteroatoms. The Balaban J connectivity index is 2.12. The minimum Gasteiger partial charge on any atom is -0.490 e. The molecule has 0 saturated heterocycles. The second kappa shape index (κ2) is 6.29. The van der Waals surface area contributed by atoms with Crippen LogP contribution in [-0.4, -0.2) is 17.0 Å². The van der Waals surface area contributed by atoms with E-state index in [2.05, 4.69) is 10.3 Å². The summed E-state index contributed by atoms with van der Waals surface area (Å²) in [5.41, 5.74) is 1.48. The van der Waals surface area contributed by atoms with E-state index in [0.29, 0.717) is 22.3 Å². The van der Waals surface area contributed by atoms with E-state index in [4.69, 9.17) is 16.3 Å². The van der Waals surface area contributed by atoms with E-state index >= 15 is 0 Å². The molecule has 0 aliphatic heterocycles. The molecule has 0 unspecified atom stereocenters. The summed E-state index contributed by atoms with van der Waals surface area (Å²) < 4.78 is 18.3. The summed E-state index contributed by atoms with van der Waals surface area (Å²) >= 11 is 5.77. The number of methoxy groups -OCH3 is 1. The van der Waals surface area contributed by atoms with E-state index in [1.54, 1.807) is 12.3 Å². The molecule has 0 aliphatic carbocycles. The number of nitrogens with one attached hydrogen (secondary N) is 1. The number of pyridine rings is 1. The fourth-order valence-electron chi connectivity index (χ4n) is 2.31. The van der Waals surface area contributed by atoms with Crippen molar-refractivity contribution in [3.63, 3.8) is 0 Å². The van der Waals surface area contributed by atoms with Gasteiger partial charge in [-0.05, 0) is 24.3 Å². The van der Waals surface area contributed by atoms with Crippen LogP contribution < -0.4 is 10.1 Å². The molecule has 0 fully saturated rings. The van der Waals surface area contributed by atoms with Gasteiger partial charge in [0.25, 0.3) is 0 Å². The van der Waals surface area contributed by atoms with E-state index in [-0.39, 0.29) is 16.5 Å². The number of nitrogens with zero attached hydrogens (tertiary/aromatic N) is 2. The topological polar surface area (TPSA) is 77.3 Å². The lowest BCUT2D eigenvalue weighted by Gasteiger charge is -2.11. The first kappa shape index (κ1) is 15.9. The second-order valence-corrected chi connectivity index (χ2v) is 5.32. The van der Waals surface area contributed by atoms with Crippen molar-refractivity contribution < 1.29 is 14.1 Å². The Morgan fingerprint density at radius 1 is 1.29 bits per heavy atom. The van der Waals surface area contributed by atoms with Crippen LogP contribution in [0.25, 0.3) is 10.9 Å². The molecule has 122 valence electrons.